The number of carbonyl (C=O) groups is 1. The molecule has 2 aromatic carbocycles. The number of nitrogens with zero attached hydrogens (tertiary/aromatic N) is 1. The Balaban J connectivity index is 1.40. The van der Waals surface area contributed by atoms with Crippen LogP contribution in [0.25, 0.3) is 11.1 Å². The minimum atomic E-state index is 0.0577. The lowest BCUT2D eigenvalue weighted by Gasteiger charge is -2.38. The first-order valence-corrected chi connectivity index (χ1v) is 12.4. The first-order valence-electron chi connectivity index (χ1n) is 12.4. The summed E-state index contributed by atoms with van der Waals surface area (Å²) in [6.45, 7) is 4.22. The van der Waals surface area contributed by atoms with E-state index in [0.29, 0.717) is 6.42 Å². The van der Waals surface area contributed by atoms with Crippen molar-refractivity contribution in [3.05, 3.63) is 54.1 Å². The highest BCUT2D eigenvalue weighted by Gasteiger charge is 2.34. The molecule has 0 spiro atoms. The van der Waals surface area contributed by atoms with E-state index in [0.717, 1.165) is 43.7 Å². The third-order valence-electron chi connectivity index (χ3n) is 7.43. The zero-order valence-corrected chi connectivity index (χ0v) is 19.6. The van der Waals surface area contributed by atoms with Crippen LogP contribution in [0.1, 0.15) is 63.4 Å². The van der Waals surface area contributed by atoms with Gasteiger partial charge in [0.15, 0.2) is 0 Å². The second-order valence-corrected chi connectivity index (χ2v) is 9.55. The highest BCUT2D eigenvalue weighted by Crippen LogP contribution is 2.40. The molecule has 0 atom stereocenters. The maximum Gasteiger partial charge on any atom is 0.220 e. The Morgan fingerprint density at radius 3 is 2.41 bits per heavy atom. The second kappa shape index (κ2) is 11.0. The average molecular weight is 435 g/mol. The summed E-state index contributed by atoms with van der Waals surface area (Å²) in [4.78, 5) is 15.1. The summed E-state index contributed by atoms with van der Waals surface area (Å²) < 4.78 is 5.55. The molecular formula is C28H38N2O2. The number of ether oxygens (including phenoxy) is 1. The van der Waals surface area contributed by atoms with Crippen LogP contribution in [0.5, 0.6) is 5.75 Å². The number of nitrogens with one attached hydrogen (secondary N) is 1. The minimum absolute atomic E-state index is 0.0577. The number of methoxy groups -OCH3 is 1. The Kier molecular flexibility index (Phi) is 7.85. The minimum Gasteiger partial charge on any atom is -0.496 e. The molecule has 1 heterocycles. The number of benzene rings is 2. The number of likely N-dealkylation sites (tertiary alicyclic amines) is 1. The van der Waals surface area contributed by atoms with Gasteiger partial charge < -0.3 is 15.0 Å². The molecule has 1 aliphatic heterocycles. The Hall–Kier alpha value is -2.33. The molecule has 1 saturated carbocycles. The van der Waals surface area contributed by atoms with Gasteiger partial charge in [-0.2, -0.15) is 0 Å². The highest BCUT2D eigenvalue weighted by atomic mass is 16.5. The summed E-state index contributed by atoms with van der Waals surface area (Å²) in [6, 6.07) is 17.1. The summed E-state index contributed by atoms with van der Waals surface area (Å²) in [5.74, 6) is 1.11. The molecule has 1 amide bonds. The van der Waals surface area contributed by atoms with Crippen LogP contribution < -0.4 is 10.1 Å². The smallest absolute Gasteiger partial charge is 0.220 e. The summed E-state index contributed by atoms with van der Waals surface area (Å²) >= 11 is 0. The molecule has 1 N–H and O–H groups in total. The van der Waals surface area contributed by atoms with Crippen molar-refractivity contribution >= 4 is 5.91 Å². The number of hydrogen-bond donors (Lipinski definition) is 1. The molecule has 1 saturated heterocycles. The van der Waals surface area contributed by atoms with Gasteiger partial charge in [-0.05, 0) is 68.9 Å². The van der Waals surface area contributed by atoms with Crippen molar-refractivity contribution in [3.63, 3.8) is 0 Å². The van der Waals surface area contributed by atoms with Crippen molar-refractivity contribution in [2.24, 2.45) is 0 Å². The molecule has 2 fully saturated rings. The van der Waals surface area contributed by atoms with E-state index in [1.165, 1.54) is 56.3 Å². The fourth-order valence-corrected chi connectivity index (χ4v) is 5.51. The molecule has 0 unspecified atom stereocenters. The van der Waals surface area contributed by atoms with Gasteiger partial charge in [-0.25, -0.2) is 0 Å². The molecule has 32 heavy (non-hydrogen) atoms. The Bertz CT molecular complexity index is 865. The van der Waals surface area contributed by atoms with Crippen molar-refractivity contribution in [1.29, 1.82) is 0 Å². The second-order valence-electron chi connectivity index (χ2n) is 9.55. The lowest BCUT2D eigenvalue weighted by molar-refractivity contribution is -0.121. The van der Waals surface area contributed by atoms with Crippen LogP contribution in [-0.2, 0) is 10.2 Å². The molecule has 2 aromatic rings. The number of rotatable bonds is 9. The molecule has 4 heteroatoms. The number of carbonyl (C=O) groups excluding carboxylic acids is 1. The molecule has 172 valence electrons. The SMILES string of the molecule is COc1ccccc1-c1ccc(C2(CNC(=O)CCCN3CCCC3)CCCCC2)cc1. The predicted octanol–water partition coefficient (Wildman–Crippen LogP) is 5.56. The molecule has 1 aliphatic carbocycles. The third kappa shape index (κ3) is 5.53. The van der Waals surface area contributed by atoms with Crippen LogP contribution in [0.4, 0.5) is 0 Å². The van der Waals surface area contributed by atoms with Crippen molar-refractivity contribution in [2.75, 3.05) is 33.3 Å². The largest absolute Gasteiger partial charge is 0.496 e. The lowest BCUT2D eigenvalue weighted by atomic mass is 9.69. The summed E-state index contributed by atoms with van der Waals surface area (Å²) in [5, 5.41) is 3.30. The zero-order valence-electron chi connectivity index (χ0n) is 19.6. The van der Waals surface area contributed by atoms with E-state index < -0.39 is 0 Å². The Morgan fingerprint density at radius 2 is 1.69 bits per heavy atom. The van der Waals surface area contributed by atoms with Crippen LogP contribution in [-0.4, -0.2) is 44.1 Å². The van der Waals surface area contributed by atoms with Gasteiger partial charge in [-0.15, -0.1) is 0 Å². The Morgan fingerprint density at radius 1 is 0.969 bits per heavy atom. The van der Waals surface area contributed by atoms with Gasteiger partial charge in [0, 0.05) is 23.9 Å². The quantitative estimate of drug-likeness (QED) is 0.562. The number of amides is 1. The van der Waals surface area contributed by atoms with Gasteiger partial charge >= 0.3 is 0 Å². The van der Waals surface area contributed by atoms with Gasteiger partial charge in [0.05, 0.1) is 7.11 Å². The van der Waals surface area contributed by atoms with Crippen LogP contribution in [0.15, 0.2) is 48.5 Å². The van der Waals surface area contributed by atoms with Gasteiger partial charge in [-0.1, -0.05) is 61.7 Å². The first kappa shape index (κ1) is 22.8. The molecule has 0 bridgehead atoms. The van der Waals surface area contributed by atoms with Crippen molar-refractivity contribution in [2.45, 2.75) is 63.2 Å². The van der Waals surface area contributed by atoms with E-state index in [-0.39, 0.29) is 11.3 Å². The molecule has 0 radical (unpaired) electrons. The van der Waals surface area contributed by atoms with Crippen LogP contribution >= 0.6 is 0 Å². The maximum absolute atomic E-state index is 12.6. The predicted molar refractivity (Wildman–Crippen MR) is 131 cm³/mol. The standard InChI is InChI=1S/C28H38N2O2/c1-32-26-11-4-3-10-25(26)23-13-15-24(16-14-23)28(17-5-2-6-18-28)22-29-27(31)12-9-21-30-19-7-8-20-30/h3-4,10-11,13-16H,2,5-9,12,17-22H2,1H3,(H,29,31). The van der Waals surface area contributed by atoms with Gasteiger partial charge in [0.1, 0.15) is 5.75 Å². The van der Waals surface area contributed by atoms with Gasteiger partial charge in [-0.3, -0.25) is 4.79 Å². The van der Waals surface area contributed by atoms with Gasteiger partial charge in [0.25, 0.3) is 0 Å². The summed E-state index contributed by atoms with van der Waals surface area (Å²) in [5.41, 5.74) is 3.70. The van der Waals surface area contributed by atoms with Crippen molar-refractivity contribution in [3.8, 4) is 16.9 Å². The molecular weight excluding hydrogens is 396 g/mol. The third-order valence-corrected chi connectivity index (χ3v) is 7.43. The van der Waals surface area contributed by atoms with Crippen molar-refractivity contribution < 1.29 is 9.53 Å². The highest BCUT2D eigenvalue weighted by molar-refractivity contribution is 5.76. The maximum atomic E-state index is 12.6. The zero-order chi connectivity index (χ0) is 22.2. The number of hydrogen-bond acceptors (Lipinski definition) is 3. The van der Waals surface area contributed by atoms with E-state index in [1.54, 1.807) is 7.11 Å². The topological polar surface area (TPSA) is 41.6 Å². The normalized spacial score (nSPS) is 18.4. The van der Waals surface area contributed by atoms with E-state index in [1.807, 2.05) is 18.2 Å². The van der Waals surface area contributed by atoms with Crippen LogP contribution in [0.2, 0.25) is 0 Å². The molecule has 4 nitrogen and oxygen atoms in total. The first-order chi connectivity index (χ1) is 15.7. The average Bonchev–Trinajstić information content (AvgIpc) is 3.37. The number of para-hydroxylation sites is 1. The van der Waals surface area contributed by atoms with Crippen molar-refractivity contribution in [1.82, 2.24) is 10.2 Å². The molecule has 4 rings (SSSR count). The monoisotopic (exact) mass is 434 g/mol. The van der Waals surface area contributed by atoms with E-state index in [2.05, 4.69) is 40.5 Å². The lowest BCUT2D eigenvalue weighted by Crippen LogP contribution is -2.42. The van der Waals surface area contributed by atoms with Gasteiger partial charge in [0.2, 0.25) is 5.91 Å². The molecule has 0 aromatic heterocycles. The molecule has 2 aliphatic rings. The van der Waals surface area contributed by atoms with E-state index in [9.17, 15) is 4.79 Å². The fraction of sp³-hybridized carbons (Fsp3) is 0.536. The summed E-state index contributed by atoms with van der Waals surface area (Å²) in [7, 11) is 1.72. The van der Waals surface area contributed by atoms with E-state index in [4.69, 9.17) is 4.74 Å². The van der Waals surface area contributed by atoms with Crippen LogP contribution in [0, 0.1) is 0 Å². The summed E-state index contributed by atoms with van der Waals surface area (Å²) in [6.07, 6.45) is 10.3. The Labute approximate surface area is 193 Å². The van der Waals surface area contributed by atoms with E-state index >= 15 is 0 Å². The fourth-order valence-electron chi connectivity index (χ4n) is 5.51. The van der Waals surface area contributed by atoms with Crippen LogP contribution in [0.3, 0.4) is 0 Å².